The van der Waals surface area contributed by atoms with E-state index < -0.39 is 0 Å². The molecule has 1 saturated carbocycles. The first kappa shape index (κ1) is 13.9. The quantitative estimate of drug-likeness (QED) is 0.817. The van der Waals surface area contributed by atoms with Gasteiger partial charge in [-0.15, -0.1) is 0 Å². The van der Waals surface area contributed by atoms with Gasteiger partial charge < -0.3 is 10.1 Å². The van der Waals surface area contributed by atoms with Gasteiger partial charge in [-0.2, -0.15) is 0 Å². The van der Waals surface area contributed by atoms with Gasteiger partial charge in [-0.3, -0.25) is 0 Å². The molecule has 1 aromatic carbocycles. The normalized spacial score (nSPS) is 15.1. The van der Waals surface area contributed by atoms with E-state index in [4.69, 9.17) is 4.74 Å². The molecule has 1 N–H and O–H groups in total. The van der Waals surface area contributed by atoms with Gasteiger partial charge in [-0.25, -0.2) is 0 Å². The summed E-state index contributed by atoms with van der Waals surface area (Å²) in [6.07, 6.45) is 3.75. The number of rotatable bonds is 7. The number of hydrogen-bond donors (Lipinski definition) is 1. The molecule has 0 unspecified atom stereocenters. The molecule has 1 aliphatic carbocycles. The Labute approximate surface area is 118 Å². The van der Waals surface area contributed by atoms with Crippen molar-refractivity contribution in [2.24, 2.45) is 5.92 Å². The topological polar surface area (TPSA) is 21.3 Å². The first-order valence-electron chi connectivity index (χ1n) is 6.80. The molecule has 1 fully saturated rings. The van der Waals surface area contributed by atoms with Crippen LogP contribution in [0.25, 0.3) is 0 Å². The van der Waals surface area contributed by atoms with Crippen LogP contribution < -0.4 is 10.1 Å². The Balaban J connectivity index is 1.87. The Morgan fingerprint density at radius 1 is 1.39 bits per heavy atom. The number of ether oxygens (including phenoxy) is 1. The molecule has 0 heterocycles. The molecule has 2 rings (SSSR count). The van der Waals surface area contributed by atoms with Crippen molar-refractivity contribution in [3.05, 3.63) is 28.2 Å². The monoisotopic (exact) mass is 311 g/mol. The molecular weight excluding hydrogens is 290 g/mol. The molecule has 2 nitrogen and oxygen atoms in total. The van der Waals surface area contributed by atoms with Crippen LogP contribution in [0.1, 0.15) is 38.7 Å². The SMILES string of the molecule is CC(C)CCOc1ccc(Br)c(CNC2CC2)c1. The zero-order valence-corrected chi connectivity index (χ0v) is 12.8. The smallest absolute Gasteiger partial charge is 0.119 e. The van der Waals surface area contributed by atoms with Crippen LogP contribution in [-0.4, -0.2) is 12.6 Å². The minimum atomic E-state index is 0.691. The average Bonchev–Trinajstić information content (AvgIpc) is 3.13. The highest BCUT2D eigenvalue weighted by atomic mass is 79.9. The van der Waals surface area contributed by atoms with Crippen LogP contribution >= 0.6 is 15.9 Å². The number of nitrogens with one attached hydrogen (secondary N) is 1. The summed E-state index contributed by atoms with van der Waals surface area (Å²) < 4.78 is 6.95. The van der Waals surface area contributed by atoms with Gasteiger partial charge in [0.05, 0.1) is 6.61 Å². The molecule has 100 valence electrons. The summed E-state index contributed by atoms with van der Waals surface area (Å²) in [4.78, 5) is 0. The molecule has 1 aliphatic rings. The second-order valence-corrected chi connectivity index (χ2v) is 6.29. The predicted octanol–water partition coefficient (Wildman–Crippen LogP) is 4.13. The molecule has 0 bridgehead atoms. The van der Waals surface area contributed by atoms with Crippen molar-refractivity contribution in [2.75, 3.05) is 6.61 Å². The first-order chi connectivity index (χ1) is 8.65. The van der Waals surface area contributed by atoms with Crippen molar-refractivity contribution >= 4 is 15.9 Å². The summed E-state index contributed by atoms with van der Waals surface area (Å²) in [5, 5.41) is 3.53. The lowest BCUT2D eigenvalue weighted by atomic mass is 10.1. The number of hydrogen-bond acceptors (Lipinski definition) is 2. The summed E-state index contributed by atoms with van der Waals surface area (Å²) in [6.45, 7) is 6.16. The summed E-state index contributed by atoms with van der Waals surface area (Å²) >= 11 is 3.60. The Kier molecular flexibility index (Phi) is 5.07. The Bertz CT molecular complexity index is 388. The number of halogens is 1. The van der Waals surface area contributed by atoms with E-state index in [-0.39, 0.29) is 0 Å². The van der Waals surface area contributed by atoms with Crippen molar-refractivity contribution in [1.29, 1.82) is 0 Å². The van der Waals surface area contributed by atoms with Crippen molar-refractivity contribution in [2.45, 2.75) is 45.7 Å². The summed E-state index contributed by atoms with van der Waals surface area (Å²) in [5.74, 6) is 1.67. The molecule has 1 aromatic rings. The zero-order valence-electron chi connectivity index (χ0n) is 11.2. The van der Waals surface area contributed by atoms with Crippen LogP contribution in [0.3, 0.4) is 0 Å². The third kappa shape index (κ3) is 4.62. The highest BCUT2D eigenvalue weighted by molar-refractivity contribution is 9.10. The van der Waals surface area contributed by atoms with Gasteiger partial charge in [-0.05, 0) is 48.9 Å². The molecule has 3 heteroatoms. The molecule has 18 heavy (non-hydrogen) atoms. The Morgan fingerprint density at radius 3 is 2.83 bits per heavy atom. The highest BCUT2D eigenvalue weighted by Crippen LogP contribution is 2.25. The van der Waals surface area contributed by atoms with E-state index >= 15 is 0 Å². The van der Waals surface area contributed by atoms with Gasteiger partial charge in [0.15, 0.2) is 0 Å². The van der Waals surface area contributed by atoms with E-state index in [2.05, 4.69) is 47.2 Å². The van der Waals surface area contributed by atoms with E-state index in [1.807, 2.05) is 6.07 Å². The molecule has 0 radical (unpaired) electrons. The van der Waals surface area contributed by atoms with Crippen LogP contribution in [0, 0.1) is 5.92 Å². The van der Waals surface area contributed by atoms with E-state index in [1.165, 1.54) is 18.4 Å². The maximum atomic E-state index is 5.79. The van der Waals surface area contributed by atoms with E-state index in [1.54, 1.807) is 0 Å². The fraction of sp³-hybridized carbons (Fsp3) is 0.600. The van der Waals surface area contributed by atoms with Crippen LogP contribution in [0.2, 0.25) is 0 Å². The second kappa shape index (κ2) is 6.58. The maximum absolute atomic E-state index is 5.79. The fourth-order valence-electron chi connectivity index (χ4n) is 1.73. The Morgan fingerprint density at radius 2 is 2.17 bits per heavy atom. The van der Waals surface area contributed by atoms with Crippen molar-refractivity contribution in [3.63, 3.8) is 0 Å². The summed E-state index contributed by atoms with van der Waals surface area (Å²) in [6, 6.07) is 6.99. The van der Waals surface area contributed by atoms with Gasteiger partial charge in [-0.1, -0.05) is 29.8 Å². The van der Waals surface area contributed by atoms with Gasteiger partial charge >= 0.3 is 0 Å². The lowest BCUT2D eigenvalue weighted by molar-refractivity contribution is 0.289. The van der Waals surface area contributed by atoms with E-state index in [0.717, 1.165) is 35.8 Å². The standard InChI is InChI=1S/C15H22BrNO/c1-11(2)7-8-18-14-5-6-15(16)12(9-14)10-17-13-3-4-13/h5-6,9,11,13,17H,3-4,7-8,10H2,1-2H3. The Hall–Kier alpha value is -0.540. The lowest BCUT2D eigenvalue weighted by Gasteiger charge is -2.11. The van der Waals surface area contributed by atoms with E-state index in [0.29, 0.717) is 5.92 Å². The van der Waals surface area contributed by atoms with Crippen LogP contribution in [0.5, 0.6) is 5.75 Å². The predicted molar refractivity (Wildman–Crippen MR) is 79.0 cm³/mol. The number of benzene rings is 1. The third-order valence-electron chi connectivity index (χ3n) is 3.14. The first-order valence-corrected chi connectivity index (χ1v) is 7.59. The molecule has 0 amide bonds. The van der Waals surface area contributed by atoms with Crippen LogP contribution in [0.15, 0.2) is 22.7 Å². The van der Waals surface area contributed by atoms with Gasteiger partial charge in [0, 0.05) is 17.1 Å². The molecule has 0 aliphatic heterocycles. The maximum Gasteiger partial charge on any atom is 0.119 e. The molecule has 0 atom stereocenters. The van der Waals surface area contributed by atoms with Gasteiger partial charge in [0.1, 0.15) is 5.75 Å². The van der Waals surface area contributed by atoms with Crippen molar-refractivity contribution in [1.82, 2.24) is 5.32 Å². The summed E-state index contributed by atoms with van der Waals surface area (Å²) in [7, 11) is 0. The zero-order chi connectivity index (χ0) is 13.0. The molecular formula is C15H22BrNO. The summed E-state index contributed by atoms with van der Waals surface area (Å²) in [5.41, 5.74) is 1.28. The van der Waals surface area contributed by atoms with E-state index in [9.17, 15) is 0 Å². The molecule has 0 aromatic heterocycles. The van der Waals surface area contributed by atoms with Crippen molar-refractivity contribution < 1.29 is 4.74 Å². The minimum Gasteiger partial charge on any atom is -0.494 e. The fourth-order valence-corrected chi connectivity index (χ4v) is 2.12. The average molecular weight is 312 g/mol. The second-order valence-electron chi connectivity index (χ2n) is 5.44. The largest absolute Gasteiger partial charge is 0.494 e. The van der Waals surface area contributed by atoms with Crippen LogP contribution in [0.4, 0.5) is 0 Å². The third-order valence-corrected chi connectivity index (χ3v) is 3.91. The minimum absolute atomic E-state index is 0.691. The van der Waals surface area contributed by atoms with Crippen molar-refractivity contribution in [3.8, 4) is 5.75 Å². The lowest BCUT2D eigenvalue weighted by Crippen LogP contribution is -2.15. The molecule has 0 saturated heterocycles. The van der Waals surface area contributed by atoms with Gasteiger partial charge in [0.2, 0.25) is 0 Å². The molecule has 0 spiro atoms. The highest BCUT2D eigenvalue weighted by Gasteiger charge is 2.20. The van der Waals surface area contributed by atoms with Crippen LogP contribution in [-0.2, 0) is 6.54 Å². The van der Waals surface area contributed by atoms with Gasteiger partial charge in [0.25, 0.3) is 0 Å².